The van der Waals surface area contributed by atoms with Crippen molar-refractivity contribution in [1.29, 1.82) is 0 Å². The molecule has 0 unspecified atom stereocenters. The lowest BCUT2D eigenvalue weighted by molar-refractivity contribution is -0.136. The number of aryl methyl sites for hydroxylation is 2. The minimum absolute atomic E-state index is 0.131. The lowest BCUT2D eigenvalue weighted by Gasteiger charge is -2.22. The molecule has 0 spiro atoms. The van der Waals surface area contributed by atoms with E-state index in [2.05, 4.69) is 27.8 Å². The summed E-state index contributed by atoms with van der Waals surface area (Å²) >= 11 is 1.31. The Morgan fingerprint density at radius 2 is 1.97 bits per heavy atom. The summed E-state index contributed by atoms with van der Waals surface area (Å²) < 4.78 is 0. The topological polar surface area (TPSA) is 117 Å². The largest absolute Gasteiger partial charge is 0.388 e. The van der Waals surface area contributed by atoms with Gasteiger partial charge < -0.3 is 21.3 Å². The number of hydrogen-bond acceptors (Lipinski definition) is 6. The van der Waals surface area contributed by atoms with E-state index in [1.54, 1.807) is 4.90 Å². The summed E-state index contributed by atoms with van der Waals surface area (Å²) in [5.74, 6) is -0.799. The highest BCUT2D eigenvalue weighted by molar-refractivity contribution is 7.16. The van der Waals surface area contributed by atoms with Gasteiger partial charge in [-0.1, -0.05) is 12.1 Å². The number of likely N-dealkylation sites (tertiary alicyclic amines) is 1. The second kappa shape index (κ2) is 9.71. The van der Waals surface area contributed by atoms with Crippen LogP contribution >= 0.6 is 11.3 Å². The molecule has 1 atom stereocenters. The summed E-state index contributed by atoms with van der Waals surface area (Å²) in [5.41, 5.74) is 8.45. The van der Waals surface area contributed by atoms with Gasteiger partial charge in [0.05, 0.1) is 12.1 Å². The second-order valence-corrected chi connectivity index (χ2v) is 8.42. The average molecular weight is 430 g/mol. The maximum absolute atomic E-state index is 12.9. The van der Waals surface area contributed by atoms with E-state index in [0.717, 1.165) is 34.7 Å². The van der Waals surface area contributed by atoms with Gasteiger partial charge in [0, 0.05) is 31.1 Å². The van der Waals surface area contributed by atoms with E-state index in [4.69, 9.17) is 5.73 Å². The van der Waals surface area contributed by atoms with Crippen molar-refractivity contribution >= 4 is 39.9 Å². The van der Waals surface area contributed by atoms with Gasteiger partial charge in [0.1, 0.15) is 6.04 Å². The number of nitrogens with zero attached hydrogens (tertiary/aromatic N) is 2. The van der Waals surface area contributed by atoms with E-state index in [0.29, 0.717) is 24.5 Å². The molecule has 1 saturated heterocycles. The van der Waals surface area contributed by atoms with Crippen LogP contribution in [0.25, 0.3) is 0 Å². The van der Waals surface area contributed by atoms with Gasteiger partial charge in [-0.3, -0.25) is 14.4 Å². The van der Waals surface area contributed by atoms with Gasteiger partial charge in [0.15, 0.2) is 5.13 Å². The van der Waals surface area contributed by atoms with Crippen LogP contribution in [0.2, 0.25) is 0 Å². The van der Waals surface area contributed by atoms with Crippen LogP contribution in [0.15, 0.2) is 24.3 Å². The van der Waals surface area contributed by atoms with Crippen molar-refractivity contribution in [3.63, 3.8) is 0 Å². The summed E-state index contributed by atoms with van der Waals surface area (Å²) in [6, 6.07) is 7.61. The van der Waals surface area contributed by atoms with E-state index < -0.39 is 11.9 Å². The molecule has 4 N–H and O–H groups in total. The molecule has 1 aliphatic rings. The first-order valence-electron chi connectivity index (χ1n) is 9.99. The molecular weight excluding hydrogens is 402 g/mol. The van der Waals surface area contributed by atoms with Crippen molar-refractivity contribution in [3.05, 3.63) is 40.4 Å². The van der Waals surface area contributed by atoms with Gasteiger partial charge in [0.2, 0.25) is 17.7 Å². The number of benzene rings is 1. The lowest BCUT2D eigenvalue weighted by atomic mass is 10.1. The van der Waals surface area contributed by atoms with Gasteiger partial charge >= 0.3 is 0 Å². The Morgan fingerprint density at radius 1 is 1.23 bits per heavy atom. The highest BCUT2D eigenvalue weighted by Crippen LogP contribution is 2.27. The maximum Gasteiger partial charge on any atom is 0.240 e. The Kier molecular flexibility index (Phi) is 7.04. The number of thiazole rings is 1. The number of carbonyl (C=O) groups excluding carboxylic acids is 3. The van der Waals surface area contributed by atoms with Crippen molar-refractivity contribution in [2.24, 2.45) is 5.73 Å². The van der Waals surface area contributed by atoms with Crippen LogP contribution < -0.4 is 16.4 Å². The monoisotopic (exact) mass is 429 g/mol. The van der Waals surface area contributed by atoms with E-state index in [-0.39, 0.29) is 18.2 Å². The average Bonchev–Trinajstić information content (AvgIpc) is 3.33. The van der Waals surface area contributed by atoms with Gasteiger partial charge in [-0.25, -0.2) is 4.98 Å². The Balaban J connectivity index is 1.74. The smallest absolute Gasteiger partial charge is 0.240 e. The molecule has 8 nitrogen and oxygen atoms in total. The highest BCUT2D eigenvalue weighted by atomic mass is 32.1. The summed E-state index contributed by atoms with van der Waals surface area (Å²) in [6.45, 7) is 1.97. The van der Waals surface area contributed by atoms with E-state index in [1.807, 2.05) is 19.2 Å². The van der Waals surface area contributed by atoms with Gasteiger partial charge in [-0.15, -0.1) is 11.3 Å². The number of anilines is 2. The van der Waals surface area contributed by atoms with Crippen LogP contribution in [0.1, 0.15) is 35.9 Å². The van der Waals surface area contributed by atoms with Crippen molar-refractivity contribution in [2.75, 3.05) is 24.2 Å². The number of nitrogens with one attached hydrogen (secondary N) is 2. The molecule has 1 aromatic carbocycles. The van der Waals surface area contributed by atoms with E-state index >= 15 is 0 Å². The highest BCUT2D eigenvalue weighted by Gasteiger charge is 2.33. The fourth-order valence-electron chi connectivity index (χ4n) is 3.62. The third-order valence-corrected chi connectivity index (χ3v) is 6.18. The summed E-state index contributed by atoms with van der Waals surface area (Å²) in [7, 11) is 1.88. The Hall–Kier alpha value is -2.94. The standard InChI is InChI=1S/C21H27N5O3S/c1-13(27)24-21-25-16(10-7-14-5-8-15(23-2)9-6-14)18(30-21)12-19(28)26-11-3-4-17(26)20(22)29/h5-6,8-9,17,23H,3-4,7,10-12H2,1-2H3,(H2,22,29)(H,24,25,27)/t17-/m1/s1. The zero-order chi connectivity index (χ0) is 21.7. The maximum atomic E-state index is 12.9. The molecule has 0 aliphatic carbocycles. The van der Waals surface area contributed by atoms with Gasteiger partial charge in [-0.2, -0.15) is 0 Å². The summed E-state index contributed by atoms with van der Waals surface area (Å²) in [5, 5.41) is 6.29. The second-order valence-electron chi connectivity index (χ2n) is 7.34. The molecule has 3 rings (SSSR count). The van der Waals surface area contributed by atoms with Crippen LogP contribution in [0.4, 0.5) is 10.8 Å². The first kappa shape index (κ1) is 21.8. The number of aromatic nitrogens is 1. The van der Waals surface area contributed by atoms with Crippen molar-refractivity contribution in [1.82, 2.24) is 9.88 Å². The van der Waals surface area contributed by atoms with Crippen molar-refractivity contribution < 1.29 is 14.4 Å². The molecule has 1 fully saturated rings. The van der Waals surface area contributed by atoms with Crippen LogP contribution in [0.5, 0.6) is 0 Å². The predicted molar refractivity (Wildman–Crippen MR) is 117 cm³/mol. The fraction of sp³-hybridized carbons (Fsp3) is 0.429. The quantitative estimate of drug-likeness (QED) is 0.593. The molecule has 160 valence electrons. The first-order valence-corrected chi connectivity index (χ1v) is 10.8. The van der Waals surface area contributed by atoms with E-state index in [9.17, 15) is 14.4 Å². The van der Waals surface area contributed by atoms with Gasteiger partial charge in [0.25, 0.3) is 0 Å². The molecule has 9 heteroatoms. The number of hydrogen-bond donors (Lipinski definition) is 3. The van der Waals surface area contributed by atoms with E-state index in [1.165, 1.54) is 18.3 Å². The molecule has 30 heavy (non-hydrogen) atoms. The third kappa shape index (κ3) is 5.35. The summed E-state index contributed by atoms with van der Waals surface area (Å²) in [6.07, 6.45) is 2.94. The molecule has 1 aromatic heterocycles. The molecule has 2 heterocycles. The summed E-state index contributed by atoms with van der Waals surface area (Å²) in [4.78, 5) is 42.9. The lowest BCUT2D eigenvalue weighted by Crippen LogP contribution is -2.44. The van der Waals surface area contributed by atoms with Gasteiger partial charge in [-0.05, 0) is 43.4 Å². The number of rotatable bonds is 8. The molecule has 0 radical (unpaired) electrons. The Bertz CT molecular complexity index is 925. The van der Waals surface area contributed by atoms with Crippen molar-refractivity contribution in [3.8, 4) is 0 Å². The predicted octanol–water partition coefficient (Wildman–Crippen LogP) is 1.95. The zero-order valence-corrected chi connectivity index (χ0v) is 18.1. The number of amides is 3. The van der Waals surface area contributed by atoms with Crippen LogP contribution in [-0.2, 0) is 33.6 Å². The minimum Gasteiger partial charge on any atom is -0.388 e. The van der Waals surface area contributed by atoms with Crippen LogP contribution in [0, 0.1) is 0 Å². The first-order chi connectivity index (χ1) is 14.4. The molecule has 1 aliphatic heterocycles. The minimum atomic E-state index is -0.533. The normalized spacial score (nSPS) is 15.8. The number of nitrogens with two attached hydrogens (primary N) is 1. The number of carbonyl (C=O) groups is 3. The molecular formula is C21H27N5O3S. The molecule has 0 bridgehead atoms. The third-order valence-electron chi connectivity index (χ3n) is 5.17. The molecule has 0 saturated carbocycles. The van der Waals surface area contributed by atoms with Crippen LogP contribution in [0.3, 0.4) is 0 Å². The molecule has 3 amide bonds. The molecule has 2 aromatic rings. The van der Waals surface area contributed by atoms with Crippen LogP contribution in [-0.4, -0.2) is 47.2 Å². The SMILES string of the molecule is CNc1ccc(CCc2nc(NC(C)=O)sc2CC(=O)N2CCC[C@@H]2C(N)=O)cc1. The zero-order valence-electron chi connectivity index (χ0n) is 17.2. The Morgan fingerprint density at radius 3 is 2.60 bits per heavy atom. The number of primary amides is 1. The fourth-order valence-corrected chi connectivity index (χ4v) is 4.67. The Labute approximate surface area is 179 Å². The van der Waals surface area contributed by atoms with Crippen molar-refractivity contribution in [2.45, 2.75) is 45.1 Å².